The number of hydrogen-bond acceptors (Lipinski definition) is 4. The quantitative estimate of drug-likeness (QED) is 0.724. The molecule has 124 valence electrons. The van der Waals surface area contributed by atoms with Crippen LogP contribution in [0.1, 0.15) is 57.8 Å². The van der Waals surface area contributed by atoms with Gasteiger partial charge in [-0.05, 0) is 76.0 Å². The van der Waals surface area contributed by atoms with Crippen molar-refractivity contribution in [1.29, 1.82) is 0 Å². The highest BCUT2D eigenvalue weighted by Crippen LogP contribution is 2.29. The number of allylic oxidation sites excluding steroid dienone is 6. The third-order valence-electron chi connectivity index (χ3n) is 5.63. The molecule has 5 aliphatic rings. The first-order valence-corrected chi connectivity index (χ1v) is 9.40. The molecule has 5 rings (SSSR count). The lowest BCUT2D eigenvalue weighted by atomic mass is 10.0. The first-order chi connectivity index (χ1) is 11.8. The predicted molar refractivity (Wildman–Crippen MR) is 98.8 cm³/mol. The van der Waals surface area contributed by atoms with Crippen molar-refractivity contribution in [2.24, 2.45) is 15.0 Å². The average Bonchev–Trinajstić information content (AvgIpc) is 3.32. The minimum Gasteiger partial charge on any atom is -0.362 e. The van der Waals surface area contributed by atoms with E-state index in [9.17, 15) is 0 Å². The molecule has 0 aromatic carbocycles. The molecule has 0 spiro atoms. The summed E-state index contributed by atoms with van der Waals surface area (Å²) in [5, 5.41) is 3.59. The zero-order chi connectivity index (χ0) is 15.9. The van der Waals surface area contributed by atoms with Crippen LogP contribution in [0.5, 0.6) is 0 Å². The topological polar surface area (TPSA) is 49.1 Å². The van der Waals surface area contributed by atoms with Crippen molar-refractivity contribution < 1.29 is 0 Å². The van der Waals surface area contributed by atoms with Crippen molar-refractivity contribution in [2.75, 3.05) is 0 Å². The lowest BCUT2D eigenvalue weighted by Crippen LogP contribution is -2.10. The minimum absolute atomic E-state index is 0.464. The number of fused-ring (bicyclic) bond motifs is 5. The number of rotatable bonds is 0. The van der Waals surface area contributed by atoms with Crippen LogP contribution in [0.3, 0.4) is 0 Å². The van der Waals surface area contributed by atoms with Crippen LogP contribution in [0, 0.1) is 0 Å². The van der Waals surface area contributed by atoms with Crippen molar-refractivity contribution >= 4 is 17.1 Å². The van der Waals surface area contributed by atoms with Crippen LogP contribution in [0.4, 0.5) is 0 Å². The molecule has 4 nitrogen and oxygen atoms in total. The van der Waals surface area contributed by atoms with E-state index in [4.69, 9.17) is 15.0 Å². The fraction of sp³-hybridized carbons (Fsp3) is 0.550. The fourth-order valence-electron chi connectivity index (χ4n) is 4.40. The molecule has 1 saturated heterocycles. The summed E-state index contributed by atoms with van der Waals surface area (Å²) < 4.78 is 0. The lowest BCUT2D eigenvalue weighted by Gasteiger charge is -2.10. The van der Waals surface area contributed by atoms with Gasteiger partial charge in [-0.25, -0.2) is 0 Å². The molecule has 0 aliphatic carbocycles. The van der Waals surface area contributed by atoms with E-state index in [0.717, 1.165) is 44.9 Å². The Bertz CT molecular complexity index is 748. The Kier molecular flexibility index (Phi) is 3.50. The predicted octanol–water partition coefficient (Wildman–Crippen LogP) is 3.87. The maximum Gasteiger partial charge on any atom is 0.0527 e. The first-order valence-electron chi connectivity index (χ1n) is 9.40. The molecule has 4 heteroatoms. The summed E-state index contributed by atoms with van der Waals surface area (Å²) in [6, 6.07) is 0.935. The van der Waals surface area contributed by atoms with Crippen molar-refractivity contribution in [3.05, 3.63) is 35.3 Å². The highest BCUT2D eigenvalue weighted by molar-refractivity contribution is 6.01. The average molecular weight is 320 g/mol. The number of hydrogen-bond donors (Lipinski definition) is 1. The summed E-state index contributed by atoms with van der Waals surface area (Å²) in [5.74, 6) is 0. The summed E-state index contributed by atoms with van der Waals surface area (Å²) in [7, 11) is 0. The fourth-order valence-corrected chi connectivity index (χ4v) is 4.40. The van der Waals surface area contributed by atoms with Crippen molar-refractivity contribution in [1.82, 2.24) is 5.32 Å². The van der Waals surface area contributed by atoms with Gasteiger partial charge in [-0.1, -0.05) is 0 Å². The monoisotopic (exact) mass is 320 g/mol. The third kappa shape index (κ3) is 2.90. The summed E-state index contributed by atoms with van der Waals surface area (Å²) in [5.41, 5.74) is 7.58. The van der Waals surface area contributed by atoms with Crippen LogP contribution in [0.25, 0.3) is 0 Å². The molecule has 0 aromatic heterocycles. The van der Waals surface area contributed by atoms with Gasteiger partial charge in [-0.3, -0.25) is 15.0 Å². The Morgan fingerprint density at radius 2 is 1.38 bits per heavy atom. The van der Waals surface area contributed by atoms with Crippen molar-refractivity contribution in [3.63, 3.8) is 0 Å². The summed E-state index contributed by atoms with van der Waals surface area (Å²) in [4.78, 5) is 14.7. The minimum atomic E-state index is 0.464. The molecule has 1 fully saturated rings. The highest BCUT2D eigenvalue weighted by Gasteiger charge is 2.25. The number of aliphatic imine (C=N–C) groups is 3. The molecule has 0 saturated carbocycles. The first kappa shape index (κ1) is 14.4. The van der Waals surface area contributed by atoms with E-state index < -0.39 is 0 Å². The highest BCUT2D eigenvalue weighted by atomic mass is 14.9. The molecule has 0 aromatic rings. The molecule has 0 amide bonds. The van der Waals surface area contributed by atoms with Gasteiger partial charge in [0.05, 0.1) is 12.1 Å². The van der Waals surface area contributed by atoms with Crippen LogP contribution in [-0.2, 0) is 0 Å². The number of nitrogens with zero attached hydrogens (tertiary/aromatic N) is 3. The van der Waals surface area contributed by atoms with Gasteiger partial charge in [-0.2, -0.15) is 0 Å². The van der Waals surface area contributed by atoms with E-state index in [1.165, 1.54) is 47.1 Å². The van der Waals surface area contributed by atoms with E-state index in [1.807, 2.05) is 0 Å². The molecule has 2 atom stereocenters. The van der Waals surface area contributed by atoms with E-state index in [-0.39, 0.29) is 0 Å². The molecule has 8 bridgehead atoms. The second kappa shape index (κ2) is 5.83. The van der Waals surface area contributed by atoms with Gasteiger partial charge in [-0.15, -0.1) is 0 Å². The largest absolute Gasteiger partial charge is 0.362 e. The maximum atomic E-state index is 4.97. The Balaban J connectivity index is 1.50. The molecule has 24 heavy (non-hydrogen) atoms. The van der Waals surface area contributed by atoms with Crippen LogP contribution in [-0.4, -0.2) is 29.2 Å². The van der Waals surface area contributed by atoms with E-state index in [0.29, 0.717) is 12.1 Å². The van der Waals surface area contributed by atoms with Gasteiger partial charge < -0.3 is 5.32 Å². The van der Waals surface area contributed by atoms with E-state index >= 15 is 0 Å². The van der Waals surface area contributed by atoms with Gasteiger partial charge in [0.15, 0.2) is 0 Å². The van der Waals surface area contributed by atoms with Gasteiger partial charge in [0.1, 0.15) is 0 Å². The Morgan fingerprint density at radius 3 is 2.12 bits per heavy atom. The summed E-state index contributed by atoms with van der Waals surface area (Å²) >= 11 is 0. The lowest BCUT2D eigenvalue weighted by molar-refractivity contribution is 0.522. The second-order valence-corrected chi connectivity index (χ2v) is 7.56. The number of nitrogens with one attached hydrogen (secondary N) is 1. The standard InChI is InChI=1S/C20H24N4/c1-2-14-10-16-5-6-18(23-16)12-20-8-7-19(24-20)11-17-4-3-15(22-17)9-13(1)21-14/h9-11,18,20-21H,1-8,12H2/b13-9?,14-10?,17-11-. The molecule has 5 aliphatic heterocycles. The van der Waals surface area contributed by atoms with Gasteiger partial charge >= 0.3 is 0 Å². The van der Waals surface area contributed by atoms with E-state index in [2.05, 4.69) is 23.5 Å². The second-order valence-electron chi connectivity index (χ2n) is 7.56. The van der Waals surface area contributed by atoms with Crippen LogP contribution in [0.15, 0.2) is 50.3 Å². The SMILES string of the molecule is C1=C2CCC(=CC3=NC(CC3)CC3CCC(=N3)/C=C3/CCC1=N3)N2. The molecular formula is C20H24N4. The molecular weight excluding hydrogens is 296 g/mol. The van der Waals surface area contributed by atoms with Crippen LogP contribution < -0.4 is 5.32 Å². The molecule has 1 N–H and O–H groups in total. The maximum absolute atomic E-state index is 4.97. The van der Waals surface area contributed by atoms with Gasteiger partial charge in [0, 0.05) is 34.2 Å². The summed E-state index contributed by atoms with van der Waals surface area (Å²) in [6.07, 6.45) is 16.8. The Morgan fingerprint density at radius 1 is 0.708 bits per heavy atom. The Labute approximate surface area is 143 Å². The van der Waals surface area contributed by atoms with Gasteiger partial charge in [0.2, 0.25) is 0 Å². The molecule has 2 unspecified atom stereocenters. The smallest absolute Gasteiger partial charge is 0.0527 e. The normalized spacial score (nSPS) is 33.8. The third-order valence-corrected chi connectivity index (χ3v) is 5.63. The molecule has 0 radical (unpaired) electrons. The van der Waals surface area contributed by atoms with Crippen molar-refractivity contribution in [2.45, 2.75) is 69.9 Å². The van der Waals surface area contributed by atoms with E-state index in [1.54, 1.807) is 0 Å². The van der Waals surface area contributed by atoms with Crippen LogP contribution >= 0.6 is 0 Å². The zero-order valence-corrected chi connectivity index (χ0v) is 14.1. The molecule has 5 heterocycles. The zero-order valence-electron chi connectivity index (χ0n) is 14.1. The van der Waals surface area contributed by atoms with Crippen LogP contribution in [0.2, 0.25) is 0 Å². The Hall–Kier alpha value is -1.97. The summed E-state index contributed by atoms with van der Waals surface area (Å²) in [6.45, 7) is 0. The van der Waals surface area contributed by atoms with Crippen molar-refractivity contribution in [3.8, 4) is 0 Å². The van der Waals surface area contributed by atoms with Gasteiger partial charge in [0.25, 0.3) is 0 Å².